The average molecular weight is 297 g/mol. The first-order valence-corrected chi connectivity index (χ1v) is 8.17. The van der Waals surface area contributed by atoms with Crippen LogP contribution in [0.4, 0.5) is 0 Å². The number of hydrogen-bond donors (Lipinski definition) is 1. The molecule has 1 aliphatic heterocycles. The van der Waals surface area contributed by atoms with E-state index in [1.165, 1.54) is 0 Å². The van der Waals surface area contributed by atoms with Crippen molar-refractivity contribution in [3.05, 3.63) is 0 Å². The molecule has 0 aliphatic carbocycles. The van der Waals surface area contributed by atoms with E-state index < -0.39 is 0 Å². The van der Waals surface area contributed by atoms with Crippen molar-refractivity contribution >= 4 is 11.8 Å². The molecule has 5 nitrogen and oxygen atoms in total. The van der Waals surface area contributed by atoms with Gasteiger partial charge in [-0.25, -0.2) is 0 Å². The minimum absolute atomic E-state index is 0.0604. The summed E-state index contributed by atoms with van der Waals surface area (Å²) in [5.74, 6) is 1.16. The molecule has 1 saturated heterocycles. The van der Waals surface area contributed by atoms with E-state index in [9.17, 15) is 9.59 Å². The Balaban J connectivity index is 2.34. The van der Waals surface area contributed by atoms with Gasteiger partial charge in [0.25, 0.3) is 0 Å². The van der Waals surface area contributed by atoms with Gasteiger partial charge in [-0.1, -0.05) is 13.8 Å². The van der Waals surface area contributed by atoms with Gasteiger partial charge in [-0.2, -0.15) is 0 Å². The highest BCUT2D eigenvalue weighted by Gasteiger charge is 2.22. The first-order valence-electron chi connectivity index (χ1n) is 8.17. The summed E-state index contributed by atoms with van der Waals surface area (Å²) in [7, 11) is 1.73. The van der Waals surface area contributed by atoms with Crippen LogP contribution in [0.15, 0.2) is 0 Å². The Hall–Kier alpha value is -1.10. The molecule has 0 radical (unpaired) electrons. The highest BCUT2D eigenvalue weighted by atomic mass is 16.2. The zero-order chi connectivity index (χ0) is 15.8. The molecule has 2 amide bonds. The van der Waals surface area contributed by atoms with E-state index in [0.29, 0.717) is 24.8 Å². The number of carbonyl (C=O) groups is 2. The van der Waals surface area contributed by atoms with Gasteiger partial charge >= 0.3 is 0 Å². The summed E-state index contributed by atoms with van der Waals surface area (Å²) in [5.41, 5.74) is 5.62. The molecule has 0 aromatic heterocycles. The molecule has 1 unspecified atom stereocenters. The van der Waals surface area contributed by atoms with Crippen LogP contribution in [0.2, 0.25) is 0 Å². The van der Waals surface area contributed by atoms with Gasteiger partial charge in [-0.15, -0.1) is 0 Å². The van der Waals surface area contributed by atoms with Gasteiger partial charge in [0.15, 0.2) is 0 Å². The fourth-order valence-corrected chi connectivity index (χ4v) is 2.88. The topological polar surface area (TPSA) is 66.6 Å². The predicted octanol–water partition coefficient (Wildman–Crippen LogP) is 1.47. The van der Waals surface area contributed by atoms with Gasteiger partial charge in [0, 0.05) is 26.6 Å². The first-order chi connectivity index (χ1) is 9.95. The Kier molecular flexibility index (Phi) is 7.72. The van der Waals surface area contributed by atoms with E-state index in [0.717, 1.165) is 38.8 Å². The molecule has 1 rings (SSSR count). The summed E-state index contributed by atoms with van der Waals surface area (Å²) in [6.07, 6.45) is 4.49. The van der Waals surface area contributed by atoms with Crippen LogP contribution >= 0.6 is 0 Å². The molecule has 0 saturated carbocycles. The van der Waals surface area contributed by atoms with E-state index in [2.05, 4.69) is 13.8 Å². The van der Waals surface area contributed by atoms with Gasteiger partial charge in [-0.05, 0) is 44.1 Å². The first kappa shape index (κ1) is 18.0. The van der Waals surface area contributed by atoms with Crippen molar-refractivity contribution in [2.75, 3.05) is 33.2 Å². The summed E-state index contributed by atoms with van der Waals surface area (Å²) in [4.78, 5) is 27.6. The Bertz CT molecular complexity index is 338. The Labute approximate surface area is 128 Å². The molecule has 0 bridgehead atoms. The van der Waals surface area contributed by atoms with Crippen molar-refractivity contribution in [2.45, 2.75) is 46.0 Å². The van der Waals surface area contributed by atoms with Crippen LogP contribution in [0.3, 0.4) is 0 Å². The van der Waals surface area contributed by atoms with Crippen molar-refractivity contribution in [1.82, 2.24) is 9.80 Å². The monoisotopic (exact) mass is 297 g/mol. The van der Waals surface area contributed by atoms with Gasteiger partial charge in [0.1, 0.15) is 0 Å². The number of nitrogens with zero attached hydrogens (tertiary/aromatic N) is 2. The minimum Gasteiger partial charge on any atom is -0.341 e. The maximum atomic E-state index is 12.1. The van der Waals surface area contributed by atoms with Gasteiger partial charge in [-0.3, -0.25) is 9.59 Å². The summed E-state index contributed by atoms with van der Waals surface area (Å²) in [6, 6.07) is 0. The number of likely N-dealkylation sites (tertiary alicyclic amines) is 1. The molecule has 2 N–H and O–H groups in total. The van der Waals surface area contributed by atoms with Crippen molar-refractivity contribution < 1.29 is 9.59 Å². The van der Waals surface area contributed by atoms with E-state index in [4.69, 9.17) is 5.73 Å². The minimum atomic E-state index is 0.0604. The molecule has 21 heavy (non-hydrogen) atoms. The van der Waals surface area contributed by atoms with Crippen molar-refractivity contribution in [3.63, 3.8) is 0 Å². The SMILES string of the molecule is CC(C)C(CCN)CCC(=O)N(C)CC(=O)N1CCCC1. The molecular formula is C16H31N3O2. The highest BCUT2D eigenvalue weighted by molar-refractivity contribution is 5.84. The van der Waals surface area contributed by atoms with Crippen LogP contribution in [0.5, 0.6) is 0 Å². The molecule has 122 valence electrons. The number of rotatable bonds is 8. The fourth-order valence-electron chi connectivity index (χ4n) is 2.88. The Morgan fingerprint density at radius 2 is 1.81 bits per heavy atom. The Morgan fingerprint density at radius 1 is 1.19 bits per heavy atom. The van der Waals surface area contributed by atoms with Crippen molar-refractivity contribution in [3.8, 4) is 0 Å². The second-order valence-electron chi connectivity index (χ2n) is 6.46. The lowest BCUT2D eigenvalue weighted by Crippen LogP contribution is -2.40. The number of hydrogen-bond acceptors (Lipinski definition) is 3. The molecule has 5 heteroatoms. The molecule has 1 atom stereocenters. The molecule has 1 heterocycles. The lowest BCUT2D eigenvalue weighted by molar-refractivity contribution is -0.139. The predicted molar refractivity (Wildman–Crippen MR) is 84.7 cm³/mol. The smallest absolute Gasteiger partial charge is 0.242 e. The maximum absolute atomic E-state index is 12.1. The van der Waals surface area contributed by atoms with Gasteiger partial charge in [0.2, 0.25) is 11.8 Å². The van der Waals surface area contributed by atoms with Gasteiger partial charge in [0.05, 0.1) is 6.54 Å². The molecule has 0 spiro atoms. The fraction of sp³-hybridized carbons (Fsp3) is 0.875. The molecule has 1 fully saturated rings. The van der Waals surface area contributed by atoms with Crippen LogP contribution in [-0.2, 0) is 9.59 Å². The highest BCUT2D eigenvalue weighted by Crippen LogP contribution is 2.20. The van der Waals surface area contributed by atoms with Crippen LogP contribution in [0.1, 0.15) is 46.0 Å². The summed E-state index contributed by atoms with van der Waals surface area (Å²) in [5, 5.41) is 0. The second-order valence-corrected chi connectivity index (χ2v) is 6.46. The number of likely N-dealkylation sites (N-methyl/N-ethyl adjacent to an activating group) is 1. The zero-order valence-electron chi connectivity index (χ0n) is 13.8. The standard InChI is InChI=1S/C16H31N3O2/c1-13(2)14(8-9-17)6-7-15(20)18(3)12-16(21)19-10-4-5-11-19/h13-14H,4-12,17H2,1-3H3. The summed E-state index contributed by atoms with van der Waals surface area (Å²) >= 11 is 0. The number of amides is 2. The van der Waals surface area contributed by atoms with Gasteiger partial charge < -0.3 is 15.5 Å². The third-order valence-corrected chi connectivity index (χ3v) is 4.47. The third kappa shape index (κ3) is 6.04. The number of carbonyl (C=O) groups excluding carboxylic acids is 2. The maximum Gasteiger partial charge on any atom is 0.242 e. The Morgan fingerprint density at radius 3 is 2.33 bits per heavy atom. The lowest BCUT2D eigenvalue weighted by atomic mass is 9.88. The van der Waals surface area contributed by atoms with Crippen molar-refractivity contribution in [2.24, 2.45) is 17.6 Å². The van der Waals surface area contributed by atoms with E-state index >= 15 is 0 Å². The summed E-state index contributed by atoms with van der Waals surface area (Å²) in [6.45, 7) is 6.90. The lowest BCUT2D eigenvalue weighted by Gasteiger charge is -2.23. The largest absolute Gasteiger partial charge is 0.341 e. The van der Waals surface area contributed by atoms with Crippen LogP contribution < -0.4 is 5.73 Å². The van der Waals surface area contributed by atoms with Crippen LogP contribution in [0, 0.1) is 11.8 Å². The zero-order valence-corrected chi connectivity index (χ0v) is 13.8. The molecule has 0 aromatic carbocycles. The quantitative estimate of drug-likeness (QED) is 0.738. The molecule has 1 aliphatic rings. The second kappa shape index (κ2) is 9.03. The summed E-state index contributed by atoms with van der Waals surface area (Å²) < 4.78 is 0. The molecular weight excluding hydrogens is 266 g/mol. The third-order valence-electron chi connectivity index (χ3n) is 4.47. The molecule has 0 aromatic rings. The number of nitrogens with two attached hydrogens (primary N) is 1. The van der Waals surface area contributed by atoms with Crippen molar-refractivity contribution in [1.29, 1.82) is 0 Å². The van der Waals surface area contributed by atoms with E-state index in [1.54, 1.807) is 11.9 Å². The van der Waals surface area contributed by atoms with E-state index in [-0.39, 0.29) is 18.4 Å². The van der Waals surface area contributed by atoms with Crippen LogP contribution in [0.25, 0.3) is 0 Å². The average Bonchev–Trinajstić information content (AvgIpc) is 2.96. The normalized spacial score (nSPS) is 16.3. The van der Waals surface area contributed by atoms with Crippen LogP contribution in [-0.4, -0.2) is 54.8 Å². The van der Waals surface area contributed by atoms with E-state index in [1.807, 2.05) is 4.90 Å².